The molecular formula is C39H35N2S+. The van der Waals surface area contributed by atoms with Crippen LogP contribution in [0.1, 0.15) is 59.9 Å². The maximum atomic E-state index is 9.03. The first-order valence-electron chi connectivity index (χ1n) is 18.3. The monoisotopic (exact) mass is 571 g/mol. The first kappa shape index (κ1) is 18.5. The summed E-state index contributed by atoms with van der Waals surface area (Å²) in [5.41, 5.74) is 6.69. The summed E-state index contributed by atoms with van der Waals surface area (Å²) in [7, 11) is 2.08. The number of hydrogen-bond donors (Lipinski definition) is 0. The van der Waals surface area contributed by atoms with E-state index >= 15 is 0 Å². The Morgan fingerprint density at radius 1 is 0.833 bits per heavy atom. The van der Waals surface area contributed by atoms with Gasteiger partial charge in [-0.2, -0.15) is 0 Å². The van der Waals surface area contributed by atoms with Crippen LogP contribution >= 0.6 is 11.8 Å². The number of thioether (sulfide) groups is 1. The van der Waals surface area contributed by atoms with Crippen LogP contribution in [0, 0.1) is 6.92 Å². The van der Waals surface area contributed by atoms with E-state index in [1.54, 1.807) is 16.3 Å². The molecule has 8 rings (SSSR count). The molecule has 0 N–H and O–H groups in total. The Balaban J connectivity index is 1.41. The Hall–Kier alpha value is -4.08. The zero-order chi connectivity index (χ0) is 35.7. The number of hydrogen-bond acceptors (Lipinski definition) is 1. The van der Waals surface area contributed by atoms with E-state index in [2.05, 4.69) is 88.0 Å². The average Bonchev–Trinajstić information content (AvgIpc) is 3.65. The van der Waals surface area contributed by atoms with Crippen molar-refractivity contribution in [3.63, 3.8) is 0 Å². The lowest BCUT2D eigenvalue weighted by molar-refractivity contribution is -0.424. The SMILES string of the molecule is [2H]c1c([2H])c([2H])c2c(c1[2H])c1c([2H])c([2H])c([2H])c([2H])c1n2-c1cccc2c1SC1C(c3cc(C(C)(C)C)c4ccccc4c3C)=[N+](C)C=CC21. The van der Waals surface area contributed by atoms with E-state index in [0.717, 1.165) is 10.5 Å². The molecule has 0 spiro atoms. The van der Waals surface area contributed by atoms with Crippen molar-refractivity contribution in [2.45, 2.75) is 49.2 Å². The number of aromatic nitrogens is 1. The molecule has 3 heteroatoms. The van der Waals surface area contributed by atoms with Crippen LogP contribution in [0.3, 0.4) is 0 Å². The summed E-state index contributed by atoms with van der Waals surface area (Å²) in [6.45, 7) is 8.92. The molecule has 5 aromatic carbocycles. The number of nitrogens with zero attached hydrogens (tertiary/aromatic N) is 2. The molecule has 42 heavy (non-hydrogen) atoms. The van der Waals surface area contributed by atoms with E-state index in [0.29, 0.717) is 5.69 Å². The molecule has 0 radical (unpaired) electrons. The molecule has 2 aliphatic heterocycles. The van der Waals surface area contributed by atoms with Crippen LogP contribution in [0.2, 0.25) is 0 Å². The fourth-order valence-electron chi connectivity index (χ4n) is 6.82. The molecule has 2 unspecified atom stereocenters. The molecule has 6 aromatic rings. The smallest absolute Gasteiger partial charge is 0.203 e. The van der Waals surface area contributed by atoms with Gasteiger partial charge in [0.05, 0.1) is 27.7 Å². The molecule has 0 saturated carbocycles. The van der Waals surface area contributed by atoms with Gasteiger partial charge in [-0.3, -0.25) is 0 Å². The Kier molecular flexibility index (Phi) is 4.05. The Bertz CT molecular complexity index is 2500. The fraction of sp³-hybridized carbons (Fsp3) is 0.205. The average molecular weight is 572 g/mol. The minimum atomic E-state index is -0.444. The number of fused-ring (bicyclic) bond motifs is 7. The topological polar surface area (TPSA) is 7.94 Å². The van der Waals surface area contributed by atoms with Crippen molar-refractivity contribution >= 4 is 50.1 Å². The lowest BCUT2D eigenvalue weighted by Crippen LogP contribution is -2.32. The predicted molar refractivity (Wildman–Crippen MR) is 180 cm³/mol. The van der Waals surface area contributed by atoms with Gasteiger partial charge in [0.1, 0.15) is 12.3 Å². The van der Waals surface area contributed by atoms with Crippen LogP contribution in [0.5, 0.6) is 0 Å². The van der Waals surface area contributed by atoms with E-state index in [1.807, 2.05) is 12.1 Å². The summed E-state index contributed by atoms with van der Waals surface area (Å²) in [4.78, 5) is 0.910. The van der Waals surface area contributed by atoms with Gasteiger partial charge in [0.2, 0.25) is 5.71 Å². The van der Waals surface area contributed by atoms with Crippen LogP contribution in [-0.2, 0) is 5.41 Å². The molecule has 2 nitrogen and oxygen atoms in total. The minimum Gasteiger partial charge on any atom is -0.308 e. The largest absolute Gasteiger partial charge is 0.308 e. The molecule has 0 aliphatic carbocycles. The summed E-state index contributed by atoms with van der Waals surface area (Å²) < 4.78 is 73.6. The molecule has 1 aromatic heterocycles. The Labute approximate surface area is 263 Å². The number of para-hydroxylation sites is 2. The van der Waals surface area contributed by atoms with Gasteiger partial charge in [-0.05, 0) is 70.1 Å². The van der Waals surface area contributed by atoms with E-state index in [4.69, 9.17) is 11.0 Å². The van der Waals surface area contributed by atoms with E-state index < -0.39 is 24.2 Å². The van der Waals surface area contributed by atoms with Gasteiger partial charge in [-0.1, -0.05) is 93.4 Å². The fourth-order valence-corrected chi connectivity index (χ4v) is 8.48. The number of rotatable bonds is 2. The highest BCUT2D eigenvalue weighted by Crippen LogP contribution is 2.52. The first-order valence-corrected chi connectivity index (χ1v) is 15.1. The summed E-state index contributed by atoms with van der Waals surface area (Å²) in [6, 6.07) is 13.9. The lowest BCUT2D eigenvalue weighted by atomic mass is 9.79. The summed E-state index contributed by atoms with van der Waals surface area (Å²) in [5.74, 6) is 0.000717. The van der Waals surface area contributed by atoms with E-state index in [1.165, 1.54) is 33.2 Å². The maximum absolute atomic E-state index is 9.03. The van der Waals surface area contributed by atoms with Crippen LogP contribution in [0.25, 0.3) is 38.3 Å². The van der Waals surface area contributed by atoms with Crippen molar-refractivity contribution in [2.75, 3.05) is 7.05 Å². The molecule has 2 aliphatic rings. The van der Waals surface area contributed by atoms with E-state index in [-0.39, 0.29) is 62.6 Å². The van der Waals surface area contributed by atoms with Crippen molar-refractivity contribution < 1.29 is 15.5 Å². The van der Waals surface area contributed by atoms with Crippen LogP contribution < -0.4 is 0 Å². The minimum absolute atomic E-state index is 0.000717. The zero-order valence-electron chi connectivity index (χ0n) is 32.2. The summed E-state index contributed by atoms with van der Waals surface area (Å²) in [5, 5.41) is 2.62. The highest BCUT2D eigenvalue weighted by molar-refractivity contribution is 8.01. The Morgan fingerprint density at radius 3 is 2.19 bits per heavy atom. The van der Waals surface area contributed by atoms with Crippen molar-refractivity contribution in [2.24, 2.45) is 0 Å². The van der Waals surface area contributed by atoms with Crippen molar-refractivity contribution in [3.8, 4) is 5.69 Å². The molecule has 2 atom stereocenters. The van der Waals surface area contributed by atoms with Gasteiger partial charge < -0.3 is 4.57 Å². The predicted octanol–water partition coefficient (Wildman–Crippen LogP) is 9.76. The second-order valence-electron chi connectivity index (χ2n) is 12.3. The highest BCUT2D eigenvalue weighted by Gasteiger charge is 2.44. The van der Waals surface area contributed by atoms with Crippen molar-refractivity contribution in [1.29, 1.82) is 0 Å². The third-order valence-corrected chi connectivity index (χ3v) is 10.2. The first-order chi connectivity index (χ1) is 23.6. The van der Waals surface area contributed by atoms with Gasteiger partial charge in [0.25, 0.3) is 0 Å². The van der Waals surface area contributed by atoms with Crippen molar-refractivity contribution in [3.05, 3.63) is 131 Å². The summed E-state index contributed by atoms with van der Waals surface area (Å²) in [6.07, 6.45) is 4.33. The van der Waals surface area contributed by atoms with Gasteiger partial charge in [-0.15, -0.1) is 11.8 Å². The number of benzene rings is 5. The highest BCUT2D eigenvalue weighted by atomic mass is 32.2. The van der Waals surface area contributed by atoms with Gasteiger partial charge in [0, 0.05) is 27.1 Å². The third-order valence-electron chi connectivity index (χ3n) is 8.79. The second-order valence-corrected chi connectivity index (χ2v) is 13.4. The van der Waals surface area contributed by atoms with Crippen LogP contribution in [-0.4, -0.2) is 27.2 Å². The molecule has 206 valence electrons. The maximum Gasteiger partial charge on any atom is 0.203 e. The normalized spacial score (nSPS) is 21.0. The van der Waals surface area contributed by atoms with Gasteiger partial charge in [0.15, 0.2) is 6.20 Å². The molecule has 3 heterocycles. The van der Waals surface area contributed by atoms with Gasteiger partial charge in [-0.25, -0.2) is 4.58 Å². The molecule has 0 amide bonds. The quantitative estimate of drug-likeness (QED) is 0.188. The van der Waals surface area contributed by atoms with Gasteiger partial charge >= 0.3 is 0 Å². The number of aryl methyl sites for hydroxylation is 1. The zero-order valence-corrected chi connectivity index (χ0v) is 25.0. The van der Waals surface area contributed by atoms with Crippen molar-refractivity contribution in [1.82, 2.24) is 4.57 Å². The molecule has 0 saturated heterocycles. The number of allylic oxidation sites excluding steroid dienone is 1. The molecule has 0 bridgehead atoms. The molecular weight excluding hydrogens is 529 g/mol. The third kappa shape index (κ3) is 3.63. The second kappa shape index (κ2) is 9.21. The molecule has 0 fully saturated rings. The lowest BCUT2D eigenvalue weighted by Gasteiger charge is -2.26. The Morgan fingerprint density at radius 2 is 1.50 bits per heavy atom. The standard InChI is InChI=1S/C39H35N2S/c1-24-25-13-6-7-14-26(25)32(39(2,3)4)23-31(24)36-38-30(21-22-40(36)5)29-17-12-20-35(37(29)42-38)41-33-18-10-8-15-27(33)28-16-9-11-19-34(28)41/h6-23,30,38H,1-5H3/q+1/i8D,9D,10D,11D,15D,16D,18D,19D. The van der Waals surface area contributed by atoms with E-state index in [9.17, 15) is 0 Å². The van der Waals surface area contributed by atoms with Crippen LogP contribution in [0.4, 0.5) is 0 Å². The van der Waals surface area contributed by atoms with Crippen LogP contribution in [0.15, 0.2) is 114 Å². The summed E-state index contributed by atoms with van der Waals surface area (Å²) >= 11 is 1.70.